The Morgan fingerprint density at radius 3 is 2.86 bits per heavy atom. The van der Waals surface area contributed by atoms with Crippen molar-refractivity contribution < 1.29 is 0 Å². The number of fused-ring (bicyclic) bond motifs is 2. The fraction of sp³-hybridized carbons (Fsp3) is 0.435. The molecular formula is C23H30N6. The van der Waals surface area contributed by atoms with Gasteiger partial charge in [0, 0.05) is 24.9 Å². The highest BCUT2D eigenvalue weighted by Crippen LogP contribution is 2.19. The molecule has 6 heteroatoms. The number of nitrogens with one attached hydrogen (secondary N) is 2. The molecule has 2 heterocycles. The lowest BCUT2D eigenvalue weighted by Gasteiger charge is -2.25. The maximum absolute atomic E-state index is 4.87. The Kier molecular flexibility index (Phi) is 5.79. The molecule has 1 unspecified atom stereocenters. The van der Waals surface area contributed by atoms with E-state index in [-0.39, 0.29) is 0 Å². The number of benzene rings is 2. The van der Waals surface area contributed by atoms with Crippen molar-refractivity contribution in [3.8, 4) is 0 Å². The Hall–Kier alpha value is -2.89. The number of aliphatic imine (C=N–C) groups is 1. The summed E-state index contributed by atoms with van der Waals surface area (Å²) < 4.78 is 2.06. The number of aryl methyl sites for hydroxylation is 1. The van der Waals surface area contributed by atoms with Gasteiger partial charge in [-0.2, -0.15) is 5.10 Å². The summed E-state index contributed by atoms with van der Waals surface area (Å²) in [6, 6.07) is 15.2. The average Bonchev–Trinajstić information content (AvgIpc) is 3.16. The number of nitrogens with zero attached hydrogens (tertiary/aromatic N) is 4. The minimum atomic E-state index is 0.300. The Bertz CT molecular complexity index is 998. The van der Waals surface area contributed by atoms with Crippen LogP contribution in [0.3, 0.4) is 0 Å². The minimum Gasteiger partial charge on any atom is -0.357 e. The Labute approximate surface area is 172 Å². The number of hydrogen-bond donors (Lipinski definition) is 2. The molecule has 0 bridgehead atoms. The third-order valence-electron chi connectivity index (χ3n) is 5.36. The lowest BCUT2D eigenvalue weighted by Crippen LogP contribution is -2.47. The van der Waals surface area contributed by atoms with Gasteiger partial charge in [-0.3, -0.25) is 0 Å². The highest BCUT2D eigenvalue weighted by Gasteiger charge is 2.23. The molecule has 0 fully saturated rings. The van der Waals surface area contributed by atoms with E-state index in [0.717, 1.165) is 43.5 Å². The zero-order valence-electron chi connectivity index (χ0n) is 17.5. The van der Waals surface area contributed by atoms with Crippen LogP contribution in [0.25, 0.3) is 10.8 Å². The van der Waals surface area contributed by atoms with Crippen LogP contribution in [0.1, 0.15) is 50.3 Å². The van der Waals surface area contributed by atoms with Gasteiger partial charge in [0.1, 0.15) is 5.82 Å². The predicted molar refractivity (Wildman–Crippen MR) is 118 cm³/mol. The monoisotopic (exact) mass is 390 g/mol. The minimum absolute atomic E-state index is 0.300. The molecule has 0 aliphatic carbocycles. The molecular weight excluding hydrogens is 360 g/mol. The maximum atomic E-state index is 4.87. The van der Waals surface area contributed by atoms with E-state index in [2.05, 4.69) is 88.6 Å². The Morgan fingerprint density at radius 2 is 2.03 bits per heavy atom. The fourth-order valence-corrected chi connectivity index (χ4v) is 3.80. The quantitative estimate of drug-likeness (QED) is 0.516. The summed E-state index contributed by atoms with van der Waals surface area (Å²) in [5.74, 6) is 3.26. The predicted octanol–water partition coefficient (Wildman–Crippen LogP) is 3.62. The van der Waals surface area contributed by atoms with Gasteiger partial charge in [-0.05, 0) is 29.7 Å². The summed E-state index contributed by atoms with van der Waals surface area (Å²) in [7, 11) is 0. The van der Waals surface area contributed by atoms with Crippen LogP contribution in [-0.2, 0) is 19.5 Å². The van der Waals surface area contributed by atoms with Crippen LogP contribution in [0.5, 0.6) is 0 Å². The first kappa shape index (κ1) is 19.4. The number of aromatic nitrogens is 3. The van der Waals surface area contributed by atoms with E-state index in [9.17, 15) is 0 Å². The third-order valence-corrected chi connectivity index (χ3v) is 5.36. The third kappa shape index (κ3) is 4.42. The molecule has 1 aliphatic heterocycles. The van der Waals surface area contributed by atoms with Crippen molar-refractivity contribution in [2.24, 2.45) is 4.99 Å². The molecule has 3 aromatic rings. The van der Waals surface area contributed by atoms with Gasteiger partial charge in [0.15, 0.2) is 11.8 Å². The van der Waals surface area contributed by atoms with Gasteiger partial charge in [-0.15, -0.1) is 0 Å². The molecule has 1 aromatic heterocycles. The van der Waals surface area contributed by atoms with Crippen LogP contribution in [-0.4, -0.2) is 33.3 Å². The van der Waals surface area contributed by atoms with Crippen molar-refractivity contribution in [1.82, 2.24) is 25.4 Å². The number of guanidine groups is 1. The van der Waals surface area contributed by atoms with Crippen LogP contribution in [0.4, 0.5) is 0 Å². The van der Waals surface area contributed by atoms with E-state index in [0.29, 0.717) is 18.5 Å². The lowest BCUT2D eigenvalue weighted by atomic mass is 10.0. The fourth-order valence-electron chi connectivity index (χ4n) is 3.80. The molecule has 152 valence electrons. The van der Waals surface area contributed by atoms with Gasteiger partial charge in [0.2, 0.25) is 0 Å². The standard InChI is InChI=1S/C23H30N6/c1-4-24-23(25-14-18-10-7-9-17-8-5-6-11-20(17)18)26-19-12-13-21-27-22(16(2)3)28-29(21)15-19/h5-11,16,19H,4,12-15H2,1-3H3,(H2,24,25,26). The molecule has 0 radical (unpaired) electrons. The van der Waals surface area contributed by atoms with E-state index >= 15 is 0 Å². The second-order valence-corrected chi connectivity index (χ2v) is 7.94. The van der Waals surface area contributed by atoms with Crippen molar-refractivity contribution >= 4 is 16.7 Å². The van der Waals surface area contributed by atoms with Crippen LogP contribution >= 0.6 is 0 Å². The lowest BCUT2D eigenvalue weighted by molar-refractivity contribution is 0.391. The van der Waals surface area contributed by atoms with Gasteiger partial charge >= 0.3 is 0 Å². The van der Waals surface area contributed by atoms with Gasteiger partial charge in [0.05, 0.1) is 13.1 Å². The molecule has 4 rings (SSSR count). The summed E-state index contributed by atoms with van der Waals surface area (Å²) >= 11 is 0. The van der Waals surface area contributed by atoms with Gasteiger partial charge in [0.25, 0.3) is 0 Å². The molecule has 2 N–H and O–H groups in total. The molecule has 2 aromatic carbocycles. The largest absolute Gasteiger partial charge is 0.357 e. The molecule has 6 nitrogen and oxygen atoms in total. The second kappa shape index (κ2) is 8.64. The van der Waals surface area contributed by atoms with Crippen molar-refractivity contribution in [2.45, 2.75) is 58.7 Å². The van der Waals surface area contributed by atoms with Gasteiger partial charge in [-0.25, -0.2) is 14.7 Å². The van der Waals surface area contributed by atoms with Gasteiger partial charge in [-0.1, -0.05) is 56.3 Å². The zero-order chi connectivity index (χ0) is 20.2. The van der Waals surface area contributed by atoms with Crippen LogP contribution in [0.2, 0.25) is 0 Å². The molecule has 0 spiro atoms. The first-order valence-corrected chi connectivity index (χ1v) is 10.6. The van der Waals surface area contributed by atoms with E-state index in [1.54, 1.807) is 0 Å². The smallest absolute Gasteiger partial charge is 0.191 e. The maximum Gasteiger partial charge on any atom is 0.191 e. The van der Waals surface area contributed by atoms with E-state index < -0.39 is 0 Å². The molecule has 29 heavy (non-hydrogen) atoms. The van der Waals surface area contributed by atoms with Crippen molar-refractivity contribution in [2.75, 3.05) is 6.54 Å². The Morgan fingerprint density at radius 1 is 1.21 bits per heavy atom. The summed E-state index contributed by atoms with van der Waals surface area (Å²) in [6.45, 7) is 8.68. The molecule has 0 saturated heterocycles. The van der Waals surface area contributed by atoms with Crippen LogP contribution < -0.4 is 10.6 Å². The summed E-state index contributed by atoms with van der Waals surface area (Å²) in [5.41, 5.74) is 1.24. The first-order valence-electron chi connectivity index (χ1n) is 10.6. The normalized spacial score (nSPS) is 16.8. The molecule has 0 saturated carbocycles. The number of rotatable bonds is 5. The summed E-state index contributed by atoms with van der Waals surface area (Å²) in [4.78, 5) is 9.55. The first-order chi connectivity index (χ1) is 14.1. The summed E-state index contributed by atoms with van der Waals surface area (Å²) in [5, 5.41) is 14.2. The highest BCUT2D eigenvalue weighted by atomic mass is 15.4. The SMILES string of the molecule is CCNC(=NCc1cccc2ccccc12)NC1CCc2nc(C(C)C)nn2C1. The number of hydrogen-bond acceptors (Lipinski definition) is 3. The zero-order valence-corrected chi connectivity index (χ0v) is 17.5. The van der Waals surface area contributed by atoms with E-state index in [1.807, 2.05) is 0 Å². The van der Waals surface area contributed by atoms with Crippen LogP contribution in [0, 0.1) is 0 Å². The van der Waals surface area contributed by atoms with Crippen molar-refractivity contribution in [3.05, 3.63) is 59.7 Å². The Balaban J connectivity index is 1.47. The molecule has 1 aliphatic rings. The molecule has 0 amide bonds. The van der Waals surface area contributed by atoms with Crippen LogP contribution in [0.15, 0.2) is 47.5 Å². The summed E-state index contributed by atoms with van der Waals surface area (Å²) in [6.07, 6.45) is 1.98. The van der Waals surface area contributed by atoms with E-state index in [1.165, 1.54) is 16.3 Å². The van der Waals surface area contributed by atoms with Gasteiger partial charge < -0.3 is 10.6 Å². The second-order valence-electron chi connectivity index (χ2n) is 7.94. The average molecular weight is 391 g/mol. The van der Waals surface area contributed by atoms with E-state index in [4.69, 9.17) is 4.99 Å². The molecule has 1 atom stereocenters. The highest BCUT2D eigenvalue weighted by molar-refractivity contribution is 5.86. The van der Waals surface area contributed by atoms with Crippen molar-refractivity contribution in [3.63, 3.8) is 0 Å². The van der Waals surface area contributed by atoms with Crippen molar-refractivity contribution in [1.29, 1.82) is 0 Å². The topological polar surface area (TPSA) is 67.1 Å².